The molecule has 1 heterocycles. The van der Waals surface area contributed by atoms with Crippen LogP contribution in [0, 0.1) is 5.92 Å². The van der Waals surface area contributed by atoms with E-state index in [1.807, 2.05) is 12.4 Å². The molecule has 1 aromatic rings. The lowest BCUT2D eigenvalue weighted by Crippen LogP contribution is -2.35. The lowest BCUT2D eigenvalue weighted by Gasteiger charge is -2.35. The summed E-state index contributed by atoms with van der Waals surface area (Å²) in [5, 5.41) is 0. The molecule has 0 unspecified atom stereocenters. The van der Waals surface area contributed by atoms with Crippen molar-refractivity contribution in [2.75, 3.05) is 11.9 Å². The monoisotopic (exact) mass is 296 g/mol. The number of nitrogens with zero attached hydrogens (tertiary/aromatic N) is 2. The fourth-order valence-electron chi connectivity index (χ4n) is 2.74. The number of aromatic nitrogens is 1. The van der Waals surface area contributed by atoms with Gasteiger partial charge in [0.15, 0.2) is 0 Å². The third kappa shape index (κ3) is 3.21. The van der Waals surface area contributed by atoms with E-state index in [4.69, 9.17) is 0 Å². The summed E-state index contributed by atoms with van der Waals surface area (Å²) in [6.45, 7) is 2.31. The van der Waals surface area contributed by atoms with Gasteiger partial charge in [0.05, 0.1) is 11.9 Å². The predicted octanol–water partition coefficient (Wildman–Crippen LogP) is 4.25. The number of hydrogen-bond donors (Lipinski definition) is 0. The van der Waals surface area contributed by atoms with Crippen molar-refractivity contribution in [1.82, 2.24) is 4.98 Å². The van der Waals surface area contributed by atoms with Crippen molar-refractivity contribution in [3.63, 3.8) is 0 Å². The topological polar surface area (TPSA) is 16.1 Å². The molecule has 0 aromatic carbocycles. The molecule has 0 atom stereocenters. The molecule has 3 heteroatoms. The van der Waals surface area contributed by atoms with Crippen molar-refractivity contribution in [3.8, 4) is 0 Å². The molecule has 1 aromatic heterocycles. The maximum absolute atomic E-state index is 4.24. The Balaban J connectivity index is 1.99. The molecule has 1 aliphatic rings. The lowest BCUT2D eigenvalue weighted by atomic mass is 9.84. The molecular weight excluding hydrogens is 276 g/mol. The smallest absolute Gasteiger partial charge is 0.0563 e. The maximum Gasteiger partial charge on any atom is 0.0563 e. The molecule has 1 fully saturated rings. The van der Waals surface area contributed by atoms with E-state index in [-0.39, 0.29) is 0 Å². The van der Waals surface area contributed by atoms with Crippen LogP contribution in [0.4, 0.5) is 5.69 Å². The Hall–Kier alpha value is -0.570. The number of halogens is 1. The fraction of sp³-hybridized carbons (Fsp3) is 0.643. The van der Waals surface area contributed by atoms with Crippen LogP contribution in [0.15, 0.2) is 22.9 Å². The average molecular weight is 297 g/mol. The zero-order chi connectivity index (χ0) is 12.3. The Morgan fingerprint density at radius 3 is 2.59 bits per heavy atom. The first-order valence-corrected chi connectivity index (χ1v) is 7.33. The minimum Gasteiger partial charge on any atom is -0.370 e. The van der Waals surface area contributed by atoms with E-state index in [1.54, 1.807) is 0 Å². The first kappa shape index (κ1) is 12.9. The standard InChI is InChI=1S/C14H21BrN2/c1-3-11-4-6-13(7-5-11)17(2)14-8-12(15)9-16-10-14/h8-11,13H,3-7H2,1-2H3. The molecule has 0 aliphatic heterocycles. The van der Waals surface area contributed by atoms with Gasteiger partial charge in [-0.05, 0) is 53.6 Å². The van der Waals surface area contributed by atoms with Crippen LogP contribution in [-0.4, -0.2) is 18.1 Å². The normalized spacial score (nSPS) is 24.6. The molecule has 17 heavy (non-hydrogen) atoms. The van der Waals surface area contributed by atoms with E-state index in [0.29, 0.717) is 6.04 Å². The van der Waals surface area contributed by atoms with Crippen molar-refractivity contribution in [1.29, 1.82) is 0 Å². The highest BCUT2D eigenvalue weighted by molar-refractivity contribution is 9.10. The molecule has 0 N–H and O–H groups in total. The number of hydrogen-bond acceptors (Lipinski definition) is 2. The van der Waals surface area contributed by atoms with Gasteiger partial charge in [-0.3, -0.25) is 4.98 Å². The highest BCUT2D eigenvalue weighted by atomic mass is 79.9. The highest BCUT2D eigenvalue weighted by Crippen LogP contribution is 2.31. The lowest BCUT2D eigenvalue weighted by molar-refractivity contribution is 0.313. The second-order valence-electron chi connectivity index (χ2n) is 5.06. The highest BCUT2D eigenvalue weighted by Gasteiger charge is 2.23. The van der Waals surface area contributed by atoms with Crippen molar-refractivity contribution in [3.05, 3.63) is 22.9 Å². The van der Waals surface area contributed by atoms with E-state index in [9.17, 15) is 0 Å². The van der Waals surface area contributed by atoms with Crippen LogP contribution in [0.3, 0.4) is 0 Å². The van der Waals surface area contributed by atoms with E-state index >= 15 is 0 Å². The second kappa shape index (κ2) is 5.85. The number of rotatable bonds is 3. The van der Waals surface area contributed by atoms with Crippen molar-refractivity contribution >= 4 is 21.6 Å². The summed E-state index contributed by atoms with van der Waals surface area (Å²) in [6, 6.07) is 2.84. The molecule has 2 rings (SSSR count). The van der Waals surface area contributed by atoms with E-state index in [0.717, 1.165) is 10.4 Å². The minimum atomic E-state index is 0.689. The van der Waals surface area contributed by atoms with Gasteiger partial charge in [0.25, 0.3) is 0 Å². The van der Waals surface area contributed by atoms with Crippen LogP contribution in [-0.2, 0) is 0 Å². The molecule has 0 bridgehead atoms. The average Bonchev–Trinajstić information content (AvgIpc) is 2.38. The van der Waals surface area contributed by atoms with Gasteiger partial charge in [-0.2, -0.15) is 0 Å². The molecule has 1 aliphatic carbocycles. The molecule has 94 valence electrons. The first-order valence-electron chi connectivity index (χ1n) is 6.54. The van der Waals surface area contributed by atoms with Crippen LogP contribution in [0.2, 0.25) is 0 Å². The summed E-state index contributed by atoms with van der Waals surface area (Å²) >= 11 is 3.49. The molecule has 2 nitrogen and oxygen atoms in total. The number of anilines is 1. The first-order chi connectivity index (χ1) is 8.20. The van der Waals surface area contributed by atoms with Gasteiger partial charge >= 0.3 is 0 Å². The van der Waals surface area contributed by atoms with E-state index in [1.165, 1.54) is 37.8 Å². The summed E-state index contributed by atoms with van der Waals surface area (Å²) in [6.07, 6.45) is 10.5. The van der Waals surface area contributed by atoms with Gasteiger partial charge < -0.3 is 4.90 Å². The minimum absolute atomic E-state index is 0.689. The summed E-state index contributed by atoms with van der Waals surface area (Å²) in [5.74, 6) is 0.959. The van der Waals surface area contributed by atoms with Crippen LogP contribution in [0.1, 0.15) is 39.0 Å². The van der Waals surface area contributed by atoms with Gasteiger partial charge in [-0.15, -0.1) is 0 Å². The van der Waals surface area contributed by atoms with Gasteiger partial charge in [-0.25, -0.2) is 0 Å². The summed E-state index contributed by atoms with van der Waals surface area (Å²) < 4.78 is 1.06. The van der Waals surface area contributed by atoms with Crippen molar-refractivity contribution in [2.24, 2.45) is 5.92 Å². The van der Waals surface area contributed by atoms with Crippen LogP contribution < -0.4 is 4.90 Å². The van der Waals surface area contributed by atoms with Crippen LogP contribution in [0.25, 0.3) is 0 Å². The van der Waals surface area contributed by atoms with E-state index < -0.39 is 0 Å². The Morgan fingerprint density at radius 2 is 2.00 bits per heavy atom. The second-order valence-corrected chi connectivity index (χ2v) is 5.97. The quantitative estimate of drug-likeness (QED) is 0.829. The fourth-order valence-corrected chi connectivity index (χ4v) is 3.10. The van der Waals surface area contributed by atoms with Crippen molar-refractivity contribution < 1.29 is 0 Å². The van der Waals surface area contributed by atoms with Crippen LogP contribution >= 0.6 is 15.9 Å². The molecule has 0 spiro atoms. The molecular formula is C14H21BrN2. The molecule has 1 saturated carbocycles. The van der Waals surface area contributed by atoms with Gasteiger partial charge in [0.2, 0.25) is 0 Å². The van der Waals surface area contributed by atoms with Crippen LogP contribution in [0.5, 0.6) is 0 Å². The van der Waals surface area contributed by atoms with Gasteiger partial charge in [-0.1, -0.05) is 13.3 Å². The summed E-state index contributed by atoms with van der Waals surface area (Å²) in [5.41, 5.74) is 1.22. The molecule has 0 amide bonds. The maximum atomic E-state index is 4.24. The van der Waals surface area contributed by atoms with Gasteiger partial charge in [0.1, 0.15) is 0 Å². The van der Waals surface area contributed by atoms with Gasteiger partial charge in [0, 0.05) is 23.8 Å². The third-order valence-corrected chi connectivity index (χ3v) is 4.47. The SMILES string of the molecule is CCC1CCC(N(C)c2cncc(Br)c2)CC1. The Bertz CT molecular complexity index is 359. The summed E-state index contributed by atoms with van der Waals surface area (Å²) in [7, 11) is 2.19. The summed E-state index contributed by atoms with van der Waals surface area (Å²) in [4.78, 5) is 6.64. The Labute approximate surface area is 113 Å². The zero-order valence-electron chi connectivity index (χ0n) is 10.7. The van der Waals surface area contributed by atoms with Crippen molar-refractivity contribution in [2.45, 2.75) is 45.1 Å². The number of pyridine rings is 1. The molecule has 0 radical (unpaired) electrons. The Kier molecular flexibility index (Phi) is 4.43. The third-order valence-electron chi connectivity index (χ3n) is 4.04. The largest absolute Gasteiger partial charge is 0.370 e. The predicted molar refractivity (Wildman–Crippen MR) is 76.4 cm³/mol. The zero-order valence-corrected chi connectivity index (χ0v) is 12.3. The molecule has 0 saturated heterocycles. The van der Waals surface area contributed by atoms with E-state index in [2.05, 4.69) is 45.9 Å². The Morgan fingerprint density at radius 1 is 1.29 bits per heavy atom.